The number of nitrogens with zero attached hydrogens (tertiary/aromatic N) is 3. The third-order valence-electron chi connectivity index (χ3n) is 3.49. The van der Waals surface area contributed by atoms with E-state index in [2.05, 4.69) is 32.9 Å². The van der Waals surface area contributed by atoms with Gasteiger partial charge in [-0.05, 0) is 42.0 Å². The highest BCUT2D eigenvalue weighted by Gasteiger charge is 2.25. The molecule has 96 valence electrons. The summed E-state index contributed by atoms with van der Waals surface area (Å²) >= 11 is 3.17. The van der Waals surface area contributed by atoms with E-state index in [0.717, 1.165) is 30.5 Å². The van der Waals surface area contributed by atoms with E-state index in [4.69, 9.17) is 5.73 Å². The van der Waals surface area contributed by atoms with E-state index in [-0.39, 0.29) is 11.9 Å². The van der Waals surface area contributed by atoms with Gasteiger partial charge in [-0.3, -0.25) is 0 Å². The number of nitrogen functional groups attached to an aromatic ring is 1. The lowest BCUT2D eigenvalue weighted by molar-refractivity contribution is 0.395. The van der Waals surface area contributed by atoms with Gasteiger partial charge in [0.2, 0.25) is 5.95 Å². The molecule has 0 bridgehead atoms. The van der Waals surface area contributed by atoms with Crippen molar-refractivity contribution in [1.82, 2.24) is 14.5 Å². The second-order valence-electron chi connectivity index (χ2n) is 4.80. The summed E-state index contributed by atoms with van der Waals surface area (Å²) in [6.45, 7) is 1.95. The smallest absolute Gasteiger partial charge is 0.201 e. The van der Waals surface area contributed by atoms with Crippen LogP contribution in [0.15, 0.2) is 16.6 Å². The topological polar surface area (TPSA) is 47.1 Å². The first-order chi connectivity index (χ1) is 8.56. The Balaban J connectivity index is 2.16. The van der Waals surface area contributed by atoms with Crippen molar-refractivity contribution in [2.45, 2.75) is 12.5 Å². The Labute approximate surface area is 113 Å². The molecule has 0 radical (unpaired) electrons. The van der Waals surface area contributed by atoms with Gasteiger partial charge in [0.1, 0.15) is 5.82 Å². The molecule has 1 aromatic heterocycles. The average Bonchev–Trinajstić information content (AvgIpc) is 2.83. The van der Waals surface area contributed by atoms with Gasteiger partial charge in [0.15, 0.2) is 0 Å². The van der Waals surface area contributed by atoms with E-state index in [1.807, 2.05) is 4.57 Å². The lowest BCUT2D eigenvalue weighted by atomic mass is 10.2. The van der Waals surface area contributed by atoms with Crippen LogP contribution in [0.2, 0.25) is 0 Å². The Hall–Kier alpha value is -1.14. The molecule has 0 spiro atoms. The first kappa shape index (κ1) is 11.9. The number of nitrogens with two attached hydrogens (primary N) is 1. The molecule has 1 aliphatic heterocycles. The summed E-state index contributed by atoms with van der Waals surface area (Å²) < 4.78 is 16.0. The highest BCUT2D eigenvalue weighted by atomic mass is 79.9. The molecule has 1 aromatic carbocycles. The van der Waals surface area contributed by atoms with Crippen LogP contribution in [-0.2, 0) is 0 Å². The van der Waals surface area contributed by atoms with Crippen molar-refractivity contribution in [3.05, 3.63) is 22.4 Å². The number of anilines is 1. The highest BCUT2D eigenvalue weighted by molar-refractivity contribution is 9.10. The number of benzene rings is 1. The molecule has 2 aromatic rings. The standard InChI is InChI=1S/C12H14BrFN4/c1-17-3-2-7(6-17)18-11-5-9(14)8(13)4-10(11)16-12(18)15/h4-5,7H,2-3,6H2,1H3,(H2,15,16). The molecular formula is C12H14BrFN4. The normalized spacial score (nSPS) is 20.9. The molecule has 3 rings (SSSR count). The third-order valence-corrected chi connectivity index (χ3v) is 4.10. The number of halogens is 2. The van der Waals surface area contributed by atoms with Crippen LogP contribution in [0.25, 0.3) is 11.0 Å². The van der Waals surface area contributed by atoms with Crippen LogP contribution in [0, 0.1) is 5.82 Å². The first-order valence-corrected chi connectivity index (χ1v) is 6.66. The van der Waals surface area contributed by atoms with Gasteiger partial charge < -0.3 is 15.2 Å². The fourth-order valence-corrected chi connectivity index (χ4v) is 2.95. The van der Waals surface area contributed by atoms with Crippen LogP contribution in [0.5, 0.6) is 0 Å². The van der Waals surface area contributed by atoms with Gasteiger partial charge in [-0.25, -0.2) is 9.37 Å². The van der Waals surface area contributed by atoms with Gasteiger partial charge >= 0.3 is 0 Å². The fourth-order valence-electron chi connectivity index (χ4n) is 2.62. The second-order valence-corrected chi connectivity index (χ2v) is 5.65. The first-order valence-electron chi connectivity index (χ1n) is 5.87. The Morgan fingerprint density at radius 3 is 2.94 bits per heavy atom. The van der Waals surface area contributed by atoms with Crippen LogP contribution in [0.1, 0.15) is 12.5 Å². The Kier molecular flexibility index (Phi) is 2.79. The van der Waals surface area contributed by atoms with Crippen LogP contribution in [0.4, 0.5) is 10.3 Å². The number of fused-ring (bicyclic) bond motifs is 1. The zero-order valence-corrected chi connectivity index (χ0v) is 11.6. The zero-order valence-electron chi connectivity index (χ0n) is 10.0. The maximum atomic E-state index is 13.7. The van der Waals surface area contributed by atoms with Crippen molar-refractivity contribution < 1.29 is 4.39 Å². The molecule has 0 saturated carbocycles. The molecule has 1 fully saturated rings. The van der Waals surface area contributed by atoms with E-state index in [0.29, 0.717) is 10.4 Å². The van der Waals surface area contributed by atoms with Crippen LogP contribution >= 0.6 is 15.9 Å². The summed E-state index contributed by atoms with van der Waals surface area (Å²) in [6.07, 6.45) is 1.02. The maximum absolute atomic E-state index is 13.7. The molecule has 2 N–H and O–H groups in total. The van der Waals surface area contributed by atoms with Crippen molar-refractivity contribution in [3.8, 4) is 0 Å². The lowest BCUT2D eigenvalue weighted by Crippen LogP contribution is -2.17. The van der Waals surface area contributed by atoms with E-state index in [1.54, 1.807) is 6.07 Å². The fraction of sp³-hybridized carbons (Fsp3) is 0.417. The molecule has 1 saturated heterocycles. The molecular weight excluding hydrogens is 299 g/mol. The molecule has 1 aliphatic rings. The van der Waals surface area contributed by atoms with Crippen molar-refractivity contribution in [2.24, 2.45) is 0 Å². The predicted molar refractivity (Wildman–Crippen MR) is 73.0 cm³/mol. The van der Waals surface area contributed by atoms with Crippen molar-refractivity contribution in [2.75, 3.05) is 25.9 Å². The molecule has 0 aliphatic carbocycles. The van der Waals surface area contributed by atoms with Gasteiger partial charge in [0.25, 0.3) is 0 Å². The van der Waals surface area contributed by atoms with Crippen molar-refractivity contribution in [3.63, 3.8) is 0 Å². The molecule has 2 heterocycles. The summed E-state index contributed by atoms with van der Waals surface area (Å²) in [4.78, 5) is 6.55. The summed E-state index contributed by atoms with van der Waals surface area (Å²) in [5.74, 6) is 0.179. The average molecular weight is 313 g/mol. The van der Waals surface area contributed by atoms with Crippen molar-refractivity contribution in [1.29, 1.82) is 0 Å². The van der Waals surface area contributed by atoms with Crippen LogP contribution < -0.4 is 5.73 Å². The summed E-state index contributed by atoms with van der Waals surface area (Å²) in [7, 11) is 2.08. The molecule has 0 amide bonds. The SMILES string of the molecule is CN1CCC(n2c(N)nc3cc(Br)c(F)cc32)C1. The van der Waals surface area contributed by atoms with Gasteiger partial charge in [-0.2, -0.15) is 0 Å². The maximum Gasteiger partial charge on any atom is 0.201 e. The summed E-state index contributed by atoms with van der Waals surface area (Å²) in [5, 5.41) is 0. The number of hydrogen-bond acceptors (Lipinski definition) is 3. The highest BCUT2D eigenvalue weighted by Crippen LogP contribution is 2.31. The van der Waals surface area contributed by atoms with Gasteiger partial charge in [-0.1, -0.05) is 0 Å². The van der Waals surface area contributed by atoms with Gasteiger partial charge in [-0.15, -0.1) is 0 Å². The summed E-state index contributed by atoms with van der Waals surface area (Å²) in [6, 6.07) is 3.46. The largest absolute Gasteiger partial charge is 0.369 e. The minimum absolute atomic E-state index is 0.278. The lowest BCUT2D eigenvalue weighted by Gasteiger charge is -2.15. The number of rotatable bonds is 1. The van der Waals surface area contributed by atoms with E-state index in [9.17, 15) is 4.39 Å². The van der Waals surface area contributed by atoms with E-state index < -0.39 is 0 Å². The van der Waals surface area contributed by atoms with Crippen LogP contribution in [0.3, 0.4) is 0 Å². The van der Waals surface area contributed by atoms with Gasteiger partial charge in [0.05, 0.1) is 21.5 Å². The predicted octanol–water partition coefficient (Wildman–Crippen LogP) is 2.40. The second kappa shape index (κ2) is 4.20. The van der Waals surface area contributed by atoms with E-state index >= 15 is 0 Å². The minimum Gasteiger partial charge on any atom is -0.369 e. The number of aromatic nitrogens is 2. The third kappa shape index (κ3) is 1.80. The van der Waals surface area contributed by atoms with Crippen molar-refractivity contribution >= 4 is 32.9 Å². The molecule has 6 heteroatoms. The van der Waals surface area contributed by atoms with Crippen LogP contribution in [-0.4, -0.2) is 34.6 Å². The van der Waals surface area contributed by atoms with Gasteiger partial charge in [0, 0.05) is 12.6 Å². The molecule has 18 heavy (non-hydrogen) atoms. The number of likely N-dealkylation sites (N-methyl/N-ethyl adjacent to an activating group) is 1. The minimum atomic E-state index is -0.282. The zero-order chi connectivity index (χ0) is 12.9. The Bertz CT molecular complexity index is 610. The quantitative estimate of drug-likeness (QED) is 0.879. The number of hydrogen-bond donors (Lipinski definition) is 1. The molecule has 1 atom stereocenters. The number of likely N-dealkylation sites (tertiary alicyclic amines) is 1. The Morgan fingerprint density at radius 1 is 1.50 bits per heavy atom. The van der Waals surface area contributed by atoms with E-state index in [1.165, 1.54) is 6.07 Å². The number of imidazole rings is 1. The molecule has 1 unspecified atom stereocenters. The molecule has 4 nitrogen and oxygen atoms in total. The monoisotopic (exact) mass is 312 g/mol. The summed E-state index contributed by atoms with van der Waals surface area (Å²) in [5.41, 5.74) is 7.48. The Morgan fingerprint density at radius 2 is 2.28 bits per heavy atom.